The van der Waals surface area contributed by atoms with Crippen LogP contribution in [-0.4, -0.2) is 22.5 Å². The molecule has 6 heteroatoms. The van der Waals surface area contributed by atoms with E-state index in [1.54, 1.807) is 0 Å². The highest BCUT2D eigenvalue weighted by molar-refractivity contribution is 6.02. The summed E-state index contributed by atoms with van der Waals surface area (Å²) in [6.07, 6.45) is 0. The summed E-state index contributed by atoms with van der Waals surface area (Å²) < 4.78 is 0. The third-order valence-corrected chi connectivity index (χ3v) is 2.32. The Labute approximate surface area is 98.6 Å². The largest absolute Gasteiger partial charge is 0.508 e. The minimum absolute atomic E-state index is 0.0822. The van der Waals surface area contributed by atoms with Crippen molar-refractivity contribution in [3.8, 4) is 5.75 Å². The van der Waals surface area contributed by atoms with Gasteiger partial charge in [-0.1, -0.05) is 0 Å². The van der Waals surface area contributed by atoms with Crippen molar-refractivity contribution in [2.45, 2.75) is 19.4 Å². The summed E-state index contributed by atoms with van der Waals surface area (Å²) in [4.78, 5) is 22.9. The van der Waals surface area contributed by atoms with E-state index < -0.39 is 17.4 Å². The van der Waals surface area contributed by atoms with Crippen molar-refractivity contribution >= 4 is 17.5 Å². The van der Waals surface area contributed by atoms with Gasteiger partial charge in [0, 0.05) is 5.69 Å². The molecule has 6 nitrogen and oxygen atoms in total. The summed E-state index contributed by atoms with van der Waals surface area (Å²) in [6, 6.07) is 3.99. The van der Waals surface area contributed by atoms with E-state index in [2.05, 4.69) is 5.32 Å². The summed E-state index contributed by atoms with van der Waals surface area (Å²) in [6.45, 7) is 2.96. The van der Waals surface area contributed by atoms with Crippen LogP contribution in [0.4, 0.5) is 5.69 Å². The van der Waals surface area contributed by atoms with Gasteiger partial charge in [-0.15, -0.1) is 0 Å². The molecule has 0 aliphatic heterocycles. The van der Waals surface area contributed by atoms with Gasteiger partial charge >= 0.3 is 0 Å². The maximum absolute atomic E-state index is 11.8. The van der Waals surface area contributed by atoms with E-state index in [1.807, 2.05) is 0 Å². The molecule has 0 bridgehead atoms. The van der Waals surface area contributed by atoms with Crippen LogP contribution < -0.4 is 16.8 Å². The molecule has 0 aromatic heterocycles. The predicted molar refractivity (Wildman–Crippen MR) is 63.3 cm³/mol. The molecule has 1 aromatic rings. The number of carbonyl (C=O) groups excluding carboxylic acids is 2. The number of aromatic hydroxyl groups is 1. The number of phenolic OH excluding ortho intramolecular Hbond substituents is 1. The molecule has 2 amide bonds. The van der Waals surface area contributed by atoms with Crippen molar-refractivity contribution in [3.63, 3.8) is 0 Å². The lowest BCUT2D eigenvalue weighted by atomic mass is 10.0. The molecule has 1 aromatic carbocycles. The zero-order valence-electron chi connectivity index (χ0n) is 9.65. The lowest BCUT2D eigenvalue weighted by Crippen LogP contribution is -2.53. The summed E-state index contributed by atoms with van der Waals surface area (Å²) in [7, 11) is 0. The molecule has 17 heavy (non-hydrogen) atoms. The first-order valence-corrected chi connectivity index (χ1v) is 4.95. The fourth-order valence-corrected chi connectivity index (χ4v) is 1.15. The second-order valence-corrected chi connectivity index (χ2v) is 4.21. The van der Waals surface area contributed by atoms with Crippen molar-refractivity contribution in [1.29, 1.82) is 0 Å². The third-order valence-electron chi connectivity index (χ3n) is 2.32. The number of benzene rings is 1. The van der Waals surface area contributed by atoms with E-state index in [1.165, 1.54) is 32.0 Å². The Morgan fingerprint density at radius 3 is 2.47 bits per heavy atom. The lowest BCUT2D eigenvalue weighted by Gasteiger charge is -2.22. The monoisotopic (exact) mass is 237 g/mol. The zero-order chi connectivity index (χ0) is 13.2. The fourth-order valence-electron chi connectivity index (χ4n) is 1.15. The molecule has 0 heterocycles. The van der Waals surface area contributed by atoms with Crippen molar-refractivity contribution in [1.82, 2.24) is 5.32 Å². The van der Waals surface area contributed by atoms with Gasteiger partial charge in [-0.3, -0.25) is 9.59 Å². The summed E-state index contributed by atoms with van der Waals surface area (Å²) in [5.41, 5.74) is 9.85. The second-order valence-electron chi connectivity index (χ2n) is 4.21. The smallest absolute Gasteiger partial charge is 0.254 e. The van der Waals surface area contributed by atoms with Crippen molar-refractivity contribution < 1.29 is 14.7 Å². The molecule has 0 saturated carbocycles. The van der Waals surface area contributed by atoms with Gasteiger partial charge in [0.1, 0.15) is 11.3 Å². The topological polar surface area (TPSA) is 118 Å². The van der Waals surface area contributed by atoms with Gasteiger partial charge in [-0.05, 0) is 32.0 Å². The van der Waals surface area contributed by atoms with Gasteiger partial charge in [0.25, 0.3) is 5.91 Å². The van der Waals surface area contributed by atoms with Crippen LogP contribution >= 0.6 is 0 Å². The standard InChI is InChI=1S/C11H15N3O3/c1-11(2,10(13)17)14-9(16)7-5-6(15)3-4-8(7)12/h3-5,15H,12H2,1-2H3,(H2,13,17)(H,14,16). The molecule has 0 aliphatic rings. The van der Waals surface area contributed by atoms with Gasteiger partial charge in [0.05, 0.1) is 5.56 Å². The number of phenols is 1. The number of primary amides is 1. The van der Waals surface area contributed by atoms with Gasteiger partial charge < -0.3 is 21.9 Å². The highest BCUT2D eigenvalue weighted by Crippen LogP contribution is 2.19. The number of rotatable bonds is 3. The molecule has 0 radical (unpaired) electrons. The minimum Gasteiger partial charge on any atom is -0.508 e. The number of nitrogen functional groups attached to an aromatic ring is 1. The Bertz CT molecular complexity index is 469. The van der Waals surface area contributed by atoms with Crippen LogP contribution in [0.3, 0.4) is 0 Å². The average molecular weight is 237 g/mol. The second kappa shape index (κ2) is 4.32. The SMILES string of the molecule is CC(C)(NC(=O)c1cc(O)ccc1N)C(N)=O. The lowest BCUT2D eigenvalue weighted by molar-refractivity contribution is -0.122. The number of nitrogens with one attached hydrogen (secondary N) is 1. The number of hydrogen-bond donors (Lipinski definition) is 4. The first-order valence-electron chi connectivity index (χ1n) is 4.95. The van der Waals surface area contributed by atoms with E-state index in [0.29, 0.717) is 0 Å². The molecule has 0 atom stereocenters. The van der Waals surface area contributed by atoms with Crippen molar-refractivity contribution in [2.75, 3.05) is 5.73 Å². The number of amides is 2. The molecule has 0 unspecified atom stereocenters. The average Bonchev–Trinajstić information content (AvgIpc) is 2.20. The maximum atomic E-state index is 11.8. The third kappa shape index (κ3) is 2.87. The number of nitrogens with two attached hydrogens (primary N) is 2. The molecular weight excluding hydrogens is 222 g/mol. The van der Waals surface area contributed by atoms with Crippen LogP contribution in [0.5, 0.6) is 5.75 Å². The molecule has 6 N–H and O–H groups in total. The summed E-state index contributed by atoms with van der Waals surface area (Å²) >= 11 is 0. The molecule has 0 fully saturated rings. The molecule has 0 spiro atoms. The van der Waals surface area contributed by atoms with Gasteiger partial charge in [-0.2, -0.15) is 0 Å². The van der Waals surface area contributed by atoms with Gasteiger partial charge in [0.2, 0.25) is 5.91 Å². The molecule has 0 saturated heterocycles. The van der Waals surface area contributed by atoms with Crippen LogP contribution in [0, 0.1) is 0 Å². The number of anilines is 1. The Morgan fingerprint density at radius 1 is 1.35 bits per heavy atom. The van der Waals surface area contributed by atoms with Gasteiger partial charge in [0.15, 0.2) is 0 Å². The van der Waals surface area contributed by atoms with Crippen LogP contribution in [0.15, 0.2) is 18.2 Å². The number of carbonyl (C=O) groups is 2. The van der Waals surface area contributed by atoms with Crippen LogP contribution in [0.1, 0.15) is 24.2 Å². The van der Waals surface area contributed by atoms with Crippen LogP contribution in [0.2, 0.25) is 0 Å². The zero-order valence-corrected chi connectivity index (χ0v) is 9.65. The Morgan fingerprint density at radius 2 is 1.94 bits per heavy atom. The van der Waals surface area contributed by atoms with E-state index in [4.69, 9.17) is 11.5 Å². The minimum atomic E-state index is -1.19. The highest BCUT2D eigenvalue weighted by atomic mass is 16.3. The van der Waals surface area contributed by atoms with Crippen LogP contribution in [0.25, 0.3) is 0 Å². The number of hydrogen-bond acceptors (Lipinski definition) is 4. The predicted octanol–water partition coefficient (Wildman–Crippen LogP) is -0.0319. The molecule has 1 rings (SSSR count). The van der Waals surface area contributed by atoms with Crippen molar-refractivity contribution in [2.24, 2.45) is 5.73 Å². The Kier molecular flexibility index (Phi) is 3.26. The van der Waals surface area contributed by atoms with E-state index in [0.717, 1.165) is 0 Å². The normalized spacial score (nSPS) is 10.9. The summed E-state index contributed by atoms with van der Waals surface area (Å²) in [5.74, 6) is -1.31. The fraction of sp³-hybridized carbons (Fsp3) is 0.273. The summed E-state index contributed by atoms with van der Waals surface area (Å²) in [5, 5.41) is 11.7. The van der Waals surface area contributed by atoms with E-state index in [-0.39, 0.29) is 17.0 Å². The van der Waals surface area contributed by atoms with Crippen LogP contribution in [-0.2, 0) is 4.79 Å². The van der Waals surface area contributed by atoms with Gasteiger partial charge in [-0.25, -0.2) is 0 Å². The molecule has 92 valence electrons. The van der Waals surface area contributed by atoms with E-state index >= 15 is 0 Å². The quantitative estimate of drug-likeness (QED) is 0.436. The maximum Gasteiger partial charge on any atom is 0.254 e. The van der Waals surface area contributed by atoms with E-state index in [9.17, 15) is 14.7 Å². The Hall–Kier alpha value is -2.24. The first kappa shape index (κ1) is 12.8. The first-order chi connectivity index (χ1) is 7.74. The van der Waals surface area contributed by atoms with Crippen molar-refractivity contribution in [3.05, 3.63) is 23.8 Å². The Balaban J connectivity index is 2.98. The molecular formula is C11H15N3O3. The molecule has 0 aliphatic carbocycles. The highest BCUT2D eigenvalue weighted by Gasteiger charge is 2.28.